The van der Waals surface area contributed by atoms with Gasteiger partial charge in [0.25, 0.3) is 0 Å². The van der Waals surface area contributed by atoms with Crippen LogP contribution in [-0.2, 0) is 11.8 Å². The predicted molar refractivity (Wildman–Crippen MR) is 58.9 cm³/mol. The minimum atomic E-state index is -0.0942. The van der Waals surface area contributed by atoms with Gasteiger partial charge < -0.3 is 15.2 Å². The minimum absolute atomic E-state index is 0.0667. The molecule has 15 heavy (non-hydrogen) atoms. The molecule has 1 rings (SSSR count). The van der Waals surface area contributed by atoms with Crippen LogP contribution in [0, 0.1) is 0 Å². The normalized spacial score (nSPS) is 10.0. The number of nitrogens with one attached hydrogen (secondary N) is 2. The Hall–Kier alpha value is -1.62. The third-order valence-electron chi connectivity index (χ3n) is 1.97. The Bertz CT molecular complexity index is 398. The molecule has 0 atom stereocenters. The number of pyridine rings is 1. The first kappa shape index (κ1) is 11.5. The van der Waals surface area contributed by atoms with Crippen LogP contribution in [0.2, 0.25) is 0 Å². The van der Waals surface area contributed by atoms with E-state index in [1.807, 2.05) is 0 Å². The molecule has 0 fully saturated rings. The Morgan fingerprint density at radius 1 is 1.47 bits per heavy atom. The highest BCUT2D eigenvalue weighted by atomic mass is 16.1. The molecule has 1 aromatic rings. The van der Waals surface area contributed by atoms with Gasteiger partial charge in [0.1, 0.15) is 0 Å². The third-order valence-corrected chi connectivity index (χ3v) is 1.97. The zero-order valence-electron chi connectivity index (χ0n) is 8.91. The monoisotopic (exact) mass is 209 g/mol. The summed E-state index contributed by atoms with van der Waals surface area (Å²) in [4.78, 5) is 22.4. The number of carbonyl (C=O) groups is 1. The number of carbonyl (C=O) groups excluding carboxylic acids is 1. The number of hydrogen-bond donors (Lipinski definition) is 2. The first-order valence-electron chi connectivity index (χ1n) is 4.74. The van der Waals surface area contributed by atoms with E-state index < -0.39 is 0 Å². The molecule has 0 unspecified atom stereocenters. The Kier molecular flexibility index (Phi) is 4.05. The number of amides is 1. The molecule has 0 aliphatic carbocycles. The maximum atomic E-state index is 11.3. The van der Waals surface area contributed by atoms with Crippen LogP contribution in [0.1, 0.15) is 6.42 Å². The van der Waals surface area contributed by atoms with Crippen molar-refractivity contribution in [3.05, 3.63) is 28.7 Å². The Labute approximate surface area is 88.1 Å². The van der Waals surface area contributed by atoms with Gasteiger partial charge in [0.05, 0.1) is 5.69 Å². The molecule has 5 nitrogen and oxygen atoms in total. The summed E-state index contributed by atoms with van der Waals surface area (Å²) in [6.45, 7) is 0.637. The lowest BCUT2D eigenvalue weighted by Gasteiger charge is -2.05. The number of hydrogen-bond acceptors (Lipinski definition) is 3. The van der Waals surface area contributed by atoms with Crippen LogP contribution in [0.15, 0.2) is 23.1 Å². The molecule has 0 spiro atoms. The van der Waals surface area contributed by atoms with Crippen molar-refractivity contribution in [2.24, 2.45) is 7.05 Å². The van der Waals surface area contributed by atoms with E-state index in [1.165, 1.54) is 10.6 Å². The lowest BCUT2D eigenvalue weighted by molar-refractivity contribution is -0.116. The van der Waals surface area contributed by atoms with E-state index in [-0.39, 0.29) is 11.5 Å². The van der Waals surface area contributed by atoms with Gasteiger partial charge in [-0.3, -0.25) is 9.59 Å². The Balaban J connectivity index is 2.61. The topological polar surface area (TPSA) is 63.1 Å². The van der Waals surface area contributed by atoms with Crippen molar-refractivity contribution in [2.45, 2.75) is 6.42 Å². The zero-order valence-corrected chi connectivity index (χ0v) is 8.91. The standard InChI is InChI=1S/C10H15N3O2/c1-11-6-5-9(14)12-8-3-4-10(15)13(2)7-8/h3-4,7,11H,5-6H2,1-2H3,(H,12,14). The van der Waals surface area contributed by atoms with E-state index in [0.717, 1.165) is 0 Å². The van der Waals surface area contributed by atoms with Gasteiger partial charge in [0, 0.05) is 32.3 Å². The fraction of sp³-hybridized carbons (Fsp3) is 0.400. The van der Waals surface area contributed by atoms with Gasteiger partial charge in [-0.05, 0) is 13.1 Å². The van der Waals surface area contributed by atoms with Gasteiger partial charge in [-0.25, -0.2) is 0 Å². The average Bonchev–Trinajstić information content (AvgIpc) is 2.20. The van der Waals surface area contributed by atoms with Gasteiger partial charge in [-0.15, -0.1) is 0 Å². The first-order chi connectivity index (χ1) is 7.13. The minimum Gasteiger partial charge on any atom is -0.325 e. The lowest BCUT2D eigenvalue weighted by Crippen LogP contribution is -2.20. The van der Waals surface area contributed by atoms with Crippen LogP contribution in [-0.4, -0.2) is 24.1 Å². The van der Waals surface area contributed by atoms with Gasteiger partial charge in [0.15, 0.2) is 0 Å². The molecule has 0 aliphatic heterocycles. The Morgan fingerprint density at radius 2 is 2.20 bits per heavy atom. The number of rotatable bonds is 4. The van der Waals surface area contributed by atoms with Crippen molar-refractivity contribution in [2.75, 3.05) is 18.9 Å². The van der Waals surface area contributed by atoms with Crippen molar-refractivity contribution >= 4 is 11.6 Å². The second-order valence-corrected chi connectivity index (χ2v) is 3.27. The summed E-state index contributed by atoms with van der Waals surface area (Å²) in [5.41, 5.74) is 0.543. The third kappa shape index (κ3) is 3.55. The molecule has 0 saturated heterocycles. The summed E-state index contributed by atoms with van der Waals surface area (Å²) >= 11 is 0. The number of aromatic nitrogens is 1. The molecule has 1 heterocycles. The molecule has 5 heteroatoms. The molecule has 1 aromatic heterocycles. The summed E-state index contributed by atoms with van der Waals surface area (Å²) in [6, 6.07) is 3.02. The van der Waals surface area contributed by atoms with Gasteiger partial charge in [0.2, 0.25) is 11.5 Å². The van der Waals surface area contributed by atoms with Crippen LogP contribution < -0.4 is 16.2 Å². The number of anilines is 1. The van der Waals surface area contributed by atoms with Crippen molar-refractivity contribution in [1.29, 1.82) is 0 Å². The highest BCUT2D eigenvalue weighted by Crippen LogP contribution is 2.02. The van der Waals surface area contributed by atoms with Crippen LogP contribution in [0.5, 0.6) is 0 Å². The van der Waals surface area contributed by atoms with E-state index in [1.54, 1.807) is 26.4 Å². The maximum absolute atomic E-state index is 11.3. The molecule has 1 amide bonds. The molecule has 0 bridgehead atoms. The molecule has 2 N–H and O–H groups in total. The first-order valence-corrected chi connectivity index (χ1v) is 4.74. The van der Waals surface area contributed by atoms with Crippen molar-refractivity contribution in [1.82, 2.24) is 9.88 Å². The number of nitrogens with zero attached hydrogens (tertiary/aromatic N) is 1. The second-order valence-electron chi connectivity index (χ2n) is 3.27. The average molecular weight is 209 g/mol. The molecular weight excluding hydrogens is 194 g/mol. The second kappa shape index (κ2) is 5.31. The predicted octanol–water partition coefficient (Wildman–Crippen LogP) is -0.0667. The highest BCUT2D eigenvalue weighted by Gasteiger charge is 2.01. The van der Waals surface area contributed by atoms with E-state index in [0.29, 0.717) is 18.7 Å². The maximum Gasteiger partial charge on any atom is 0.250 e. The molecule has 0 radical (unpaired) electrons. The Morgan fingerprint density at radius 3 is 2.80 bits per heavy atom. The highest BCUT2D eigenvalue weighted by molar-refractivity contribution is 5.90. The molecule has 0 saturated carbocycles. The molecule has 82 valence electrons. The van der Waals surface area contributed by atoms with Crippen LogP contribution in [0.4, 0.5) is 5.69 Å². The fourth-order valence-electron chi connectivity index (χ4n) is 1.13. The summed E-state index contributed by atoms with van der Waals surface area (Å²) in [6.07, 6.45) is 2.01. The largest absolute Gasteiger partial charge is 0.325 e. The quantitative estimate of drug-likeness (QED) is 0.730. The van der Waals surface area contributed by atoms with Crippen molar-refractivity contribution < 1.29 is 4.79 Å². The van der Waals surface area contributed by atoms with Crippen molar-refractivity contribution in [3.8, 4) is 0 Å². The fourth-order valence-corrected chi connectivity index (χ4v) is 1.13. The van der Waals surface area contributed by atoms with E-state index >= 15 is 0 Å². The molecule has 0 aliphatic rings. The van der Waals surface area contributed by atoms with Crippen LogP contribution in [0.3, 0.4) is 0 Å². The summed E-state index contributed by atoms with van der Waals surface area (Å²) < 4.78 is 1.42. The van der Waals surface area contributed by atoms with Crippen molar-refractivity contribution in [3.63, 3.8) is 0 Å². The molecular formula is C10H15N3O2. The van der Waals surface area contributed by atoms with E-state index in [9.17, 15) is 9.59 Å². The summed E-state index contributed by atoms with van der Waals surface area (Å²) in [7, 11) is 3.44. The molecule has 0 aromatic carbocycles. The smallest absolute Gasteiger partial charge is 0.250 e. The SMILES string of the molecule is CNCCC(=O)Nc1ccc(=O)n(C)c1. The van der Waals surface area contributed by atoms with Gasteiger partial charge >= 0.3 is 0 Å². The lowest BCUT2D eigenvalue weighted by atomic mass is 10.3. The van der Waals surface area contributed by atoms with Crippen LogP contribution >= 0.6 is 0 Å². The summed E-state index contributed by atoms with van der Waals surface area (Å²) in [5.74, 6) is -0.0667. The van der Waals surface area contributed by atoms with Gasteiger partial charge in [-0.2, -0.15) is 0 Å². The van der Waals surface area contributed by atoms with Crippen LogP contribution in [0.25, 0.3) is 0 Å². The summed E-state index contributed by atoms with van der Waals surface area (Å²) in [5, 5.41) is 5.59. The van der Waals surface area contributed by atoms with Gasteiger partial charge in [-0.1, -0.05) is 0 Å². The van der Waals surface area contributed by atoms with E-state index in [4.69, 9.17) is 0 Å². The number of aryl methyl sites for hydroxylation is 1. The van der Waals surface area contributed by atoms with E-state index in [2.05, 4.69) is 10.6 Å². The zero-order chi connectivity index (χ0) is 11.3.